The van der Waals surface area contributed by atoms with E-state index in [-0.39, 0.29) is 5.56 Å². The first kappa shape index (κ1) is 16.1. The summed E-state index contributed by atoms with van der Waals surface area (Å²) in [6, 6.07) is 5.73. The van der Waals surface area contributed by atoms with Crippen molar-refractivity contribution < 1.29 is 0 Å². The smallest absolute Gasteiger partial charge is 0.254 e. The molecule has 1 aromatic carbocycles. The molecule has 0 spiro atoms. The summed E-state index contributed by atoms with van der Waals surface area (Å²) in [6.45, 7) is 2.33. The van der Waals surface area contributed by atoms with Gasteiger partial charge in [-0.3, -0.25) is 9.69 Å². The lowest BCUT2D eigenvalue weighted by Crippen LogP contribution is -2.35. The van der Waals surface area contributed by atoms with E-state index in [2.05, 4.69) is 9.88 Å². The molecule has 1 fully saturated rings. The summed E-state index contributed by atoms with van der Waals surface area (Å²) in [5, 5.41) is 1.15. The third-order valence-electron chi connectivity index (χ3n) is 4.77. The molecule has 6 heteroatoms. The van der Waals surface area contributed by atoms with Gasteiger partial charge in [0.15, 0.2) is 0 Å². The zero-order valence-electron chi connectivity index (χ0n) is 13.3. The predicted octanol–water partition coefficient (Wildman–Crippen LogP) is 3.59. The standard InChI is InChI=1S/C18H19Cl2N3O/c19-14-4-3-12(7-15(14)20)9-23-6-5-13-16(10-23)21-17(22-18(13)24)8-11-1-2-11/h3-4,7,11H,1-2,5-6,8-10H2,(H,21,22,24). The van der Waals surface area contributed by atoms with Crippen LogP contribution in [-0.2, 0) is 25.9 Å². The Balaban J connectivity index is 1.52. The van der Waals surface area contributed by atoms with E-state index >= 15 is 0 Å². The first-order valence-corrected chi connectivity index (χ1v) is 9.11. The van der Waals surface area contributed by atoms with Gasteiger partial charge in [-0.25, -0.2) is 4.98 Å². The van der Waals surface area contributed by atoms with Crippen LogP contribution in [0.1, 0.15) is 35.5 Å². The number of rotatable bonds is 4. The maximum absolute atomic E-state index is 12.3. The highest BCUT2D eigenvalue weighted by atomic mass is 35.5. The van der Waals surface area contributed by atoms with Gasteiger partial charge in [-0.15, -0.1) is 0 Å². The fraction of sp³-hybridized carbons (Fsp3) is 0.444. The van der Waals surface area contributed by atoms with Gasteiger partial charge in [0.2, 0.25) is 0 Å². The van der Waals surface area contributed by atoms with E-state index in [9.17, 15) is 4.79 Å². The summed E-state index contributed by atoms with van der Waals surface area (Å²) < 4.78 is 0. The molecule has 1 aliphatic carbocycles. The predicted molar refractivity (Wildman–Crippen MR) is 95.6 cm³/mol. The van der Waals surface area contributed by atoms with Gasteiger partial charge in [-0.1, -0.05) is 29.3 Å². The Kier molecular flexibility index (Phi) is 4.37. The van der Waals surface area contributed by atoms with Gasteiger partial charge in [0, 0.05) is 31.6 Å². The van der Waals surface area contributed by atoms with E-state index in [1.807, 2.05) is 18.2 Å². The molecule has 1 aromatic heterocycles. The van der Waals surface area contributed by atoms with Crippen LogP contribution < -0.4 is 5.56 Å². The highest BCUT2D eigenvalue weighted by molar-refractivity contribution is 6.42. The summed E-state index contributed by atoms with van der Waals surface area (Å²) in [7, 11) is 0. The van der Waals surface area contributed by atoms with Crippen molar-refractivity contribution >= 4 is 23.2 Å². The van der Waals surface area contributed by atoms with Gasteiger partial charge >= 0.3 is 0 Å². The molecule has 4 rings (SSSR count). The molecule has 4 nitrogen and oxygen atoms in total. The van der Waals surface area contributed by atoms with Crippen LogP contribution in [0.15, 0.2) is 23.0 Å². The number of halogens is 2. The van der Waals surface area contributed by atoms with Gasteiger partial charge in [-0.05, 0) is 42.9 Å². The minimum Gasteiger partial charge on any atom is -0.310 e. The molecular weight excluding hydrogens is 345 g/mol. The fourth-order valence-corrected chi connectivity index (χ4v) is 3.59. The molecule has 2 aromatic rings. The first-order valence-electron chi connectivity index (χ1n) is 8.35. The SMILES string of the molecule is O=c1[nH]c(CC2CC2)nc2c1CCN(Cc1ccc(Cl)c(Cl)c1)C2. The van der Waals surface area contributed by atoms with Gasteiger partial charge in [-0.2, -0.15) is 0 Å². The zero-order valence-corrected chi connectivity index (χ0v) is 14.8. The van der Waals surface area contributed by atoms with Gasteiger partial charge in [0.1, 0.15) is 5.82 Å². The molecule has 0 amide bonds. The molecule has 0 bridgehead atoms. The number of nitrogens with zero attached hydrogens (tertiary/aromatic N) is 2. The molecule has 0 saturated heterocycles. The van der Waals surface area contributed by atoms with E-state index in [4.69, 9.17) is 28.2 Å². The van der Waals surface area contributed by atoms with Crippen molar-refractivity contribution in [1.82, 2.24) is 14.9 Å². The Bertz CT molecular complexity index is 829. The second-order valence-electron chi connectivity index (χ2n) is 6.79. The molecule has 0 unspecified atom stereocenters. The Morgan fingerprint density at radius 3 is 2.83 bits per heavy atom. The van der Waals surface area contributed by atoms with Crippen molar-refractivity contribution in [1.29, 1.82) is 0 Å². The van der Waals surface area contributed by atoms with Crippen molar-refractivity contribution in [3.63, 3.8) is 0 Å². The van der Waals surface area contributed by atoms with Crippen LogP contribution in [0.5, 0.6) is 0 Å². The van der Waals surface area contributed by atoms with Crippen molar-refractivity contribution in [2.75, 3.05) is 6.54 Å². The number of H-pyrrole nitrogens is 1. The second kappa shape index (κ2) is 6.51. The van der Waals surface area contributed by atoms with E-state index in [0.717, 1.165) is 48.6 Å². The van der Waals surface area contributed by atoms with Gasteiger partial charge in [0.05, 0.1) is 15.7 Å². The Morgan fingerprint density at radius 1 is 1.25 bits per heavy atom. The quantitative estimate of drug-likeness (QED) is 0.902. The van der Waals surface area contributed by atoms with E-state index in [1.165, 1.54) is 12.8 Å². The molecule has 1 aliphatic heterocycles. The number of hydrogen-bond donors (Lipinski definition) is 1. The van der Waals surface area contributed by atoms with E-state index in [0.29, 0.717) is 22.5 Å². The summed E-state index contributed by atoms with van der Waals surface area (Å²) in [6.07, 6.45) is 4.15. The number of nitrogens with one attached hydrogen (secondary N) is 1. The number of aromatic nitrogens is 2. The van der Waals surface area contributed by atoms with Crippen molar-refractivity contribution in [2.45, 2.75) is 38.8 Å². The third kappa shape index (κ3) is 3.51. The average molecular weight is 364 g/mol. The lowest BCUT2D eigenvalue weighted by atomic mass is 10.1. The van der Waals surface area contributed by atoms with E-state index < -0.39 is 0 Å². The summed E-state index contributed by atoms with van der Waals surface area (Å²) in [5.74, 6) is 1.56. The maximum atomic E-state index is 12.3. The molecule has 1 N–H and O–H groups in total. The summed E-state index contributed by atoms with van der Waals surface area (Å²) >= 11 is 12.1. The molecule has 0 atom stereocenters. The number of fused-ring (bicyclic) bond motifs is 1. The van der Waals surface area contributed by atoms with Gasteiger partial charge in [0.25, 0.3) is 5.56 Å². The minimum atomic E-state index is 0.0461. The van der Waals surface area contributed by atoms with Gasteiger partial charge < -0.3 is 4.98 Å². The van der Waals surface area contributed by atoms with Crippen LogP contribution in [0.25, 0.3) is 0 Å². The number of hydrogen-bond acceptors (Lipinski definition) is 3. The lowest BCUT2D eigenvalue weighted by Gasteiger charge is -2.27. The molecular formula is C18H19Cl2N3O. The molecule has 126 valence electrons. The van der Waals surface area contributed by atoms with Crippen molar-refractivity contribution in [3.8, 4) is 0 Å². The van der Waals surface area contributed by atoms with Crippen LogP contribution in [0, 0.1) is 5.92 Å². The summed E-state index contributed by atoms with van der Waals surface area (Å²) in [4.78, 5) is 22.3. The fourth-order valence-electron chi connectivity index (χ4n) is 3.27. The van der Waals surface area contributed by atoms with Crippen molar-refractivity contribution in [3.05, 3.63) is 61.2 Å². The monoisotopic (exact) mass is 363 g/mol. The van der Waals surface area contributed by atoms with Crippen molar-refractivity contribution in [2.24, 2.45) is 5.92 Å². The Hall–Kier alpha value is -1.36. The topological polar surface area (TPSA) is 49.0 Å². The largest absolute Gasteiger partial charge is 0.310 e. The van der Waals surface area contributed by atoms with Crippen LogP contribution in [0.4, 0.5) is 0 Å². The molecule has 1 saturated carbocycles. The Morgan fingerprint density at radius 2 is 2.08 bits per heavy atom. The Labute approximate surface area is 150 Å². The van der Waals surface area contributed by atoms with Crippen LogP contribution in [-0.4, -0.2) is 21.4 Å². The normalized spacial score (nSPS) is 17.8. The molecule has 0 radical (unpaired) electrons. The minimum absolute atomic E-state index is 0.0461. The van der Waals surface area contributed by atoms with E-state index in [1.54, 1.807) is 0 Å². The first-order chi connectivity index (χ1) is 11.6. The second-order valence-corrected chi connectivity index (χ2v) is 7.61. The average Bonchev–Trinajstić information content (AvgIpc) is 3.35. The number of benzene rings is 1. The highest BCUT2D eigenvalue weighted by Crippen LogP contribution is 2.31. The van der Waals surface area contributed by atoms with Crippen LogP contribution in [0.2, 0.25) is 10.0 Å². The maximum Gasteiger partial charge on any atom is 0.254 e. The molecule has 2 aliphatic rings. The highest BCUT2D eigenvalue weighted by Gasteiger charge is 2.25. The number of aromatic amines is 1. The molecule has 2 heterocycles. The molecule has 24 heavy (non-hydrogen) atoms. The zero-order chi connectivity index (χ0) is 16.7. The van der Waals surface area contributed by atoms with Crippen LogP contribution in [0.3, 0.4) is 0 Å². The van der Waals surface area contributed by atoms with Crippen LogP contribution >= 0.6 is 23.2 Å². The lowest BCUT2D eigenvalue weighted by molar-refractivity contribution is 0.240. The summed E-state index contributed by atoms with van der Waals surface area (Å²) in [5.41, 5.74) is 2.95. The third-order valence-corrected chi connectivity index (χ3v) is 5.51.